The Morgan fingerprint density at radius 1 is 1.41 bits per heavy atom. The highest BCUT2D eigenvalue weighted by Gasteiger charge is 2.26. The van der Waals surface area contributed by atoms with Crippen LogP contribution in [0.1, 0.15) is 25.8 Å². The smallest absolute Gasteiger partial charge is 0.309 e. The lowest BCUT2D eigenvalue weighted by Crippen LogP contribution is -2.30. The van der Waals surface area contributed by atoms with Crippen molar-refractivity contribution in [1.29, 1.82) is 0 Å². The zero-order chi connectivity index (χ0) is 13.1. The highest BCUT2D eigenvalue weighted by Crippen LogP contribution is 2.22. The largest absolute Gasteiger partial charge is 0.481 e. The summed E-state index contributed by atoms with van der Waals surface area (Å²) in [6.07, 6.45) is 0.632. The summed E-state index contributed by atoms with van der Waals surface area (Å²) in [5, 5.41) is 9.05. The highest BCUT2D eigenvalue weighted by molar-refractivity contribution is 5.73. The predicted octanol–water partition coefficient (Wildman–Crippen LogP) is 2.93. The van der Waals surface area contributed by atoms with E-state index in [2.05, 4.69) is 24.0 Å². The van der Waals surface area contributed by atoms with Gasteiger partial charge >= 0.3 is 5.97 Å². The number of aryl methyl sites for hydroxylation is 1. The second-order valence-corrected chi connectivity index (χ2v) is 5.20. The minimum absolute atomic E-state index is 0.632. The molecule has 0 amide bonds. The van der Waals surface area contributed by atoms with Gasteiger partial charge in [-0.05, 0) is 44.9 Å². The summed E-state index contributed by atoms with van der Waals surface area (Å²) < 4.78 is 0. The average Bonchev–Trinajstić information content (AvgIpc) is 2.25. The Hall–Kier alpha value is -1.51. The van der Waals surface area contributed by atoms with Crippen molar-refractivity contribution in [3.63, 3.8) is 0 Å². The van der Waals surface area contributed by atoms with Crippen LogP contribution in [0.25, 0.3) is 0 Å². The molecular formula is C14H21NO2. The number of anilines is 1. The van der Waals surface area contributed by atoms with Gasteiger partial charge in [-0.3, -0.25) is 4.79 Å². The normalized spacial score (nSPS) is 11.3. The van der Waals surface area contributed by atoms with Gasteiger partial charge in [-0.2, -0.15) is 0 Å². The number of nitrogens with zero attached hydrogens (tertiary/aromatic N) is 1. The zero-order valence-corrected chi connectivity index (χ0v) is 11.0. The fraction of sp³-hybridized carbons (Fsp3) is 0.500. The van der Waals surface area contributed by atoms with E-state index in [4.69, 9.17) is 5.11 Å². The summed E-state index contributed by atoms with van der Waals surface area (Å²) in [5.74, 6) is -0.741. The molecule has 0 radical (unpaired) electrons. The summed E-state index contributed by atoms with van der Waals surface area (Å²) in [6.45, 7) is 6.32. The van der Waals surface area contributed by atoms with Gasteiger partial charge in [-0.15, -0.1) is 0 Å². The maximum atomic E-state index is 11.0. The quantitative estimate of drug-likeness (QED) is 0.853. The Morgan fingerprint density at radius 3 is 2.59 bits per heavy atom. The third kappa shape index (κ3) is 3.77. The van der Waals surface area contributed by atoms with Crippen LogP contribution in [0.3, 0.4) is 0 Å². The van der Waals surface area contributed by atoms with Gasteiger partial charge in [0.15, 0.2) is 0 Å². The van der Waals surface area contributed by atoms with Gasteiger partial charge in [0.2, 0.25) is 0 Å². The number of aliphatic carboxylic acids is 1. The van der Waals surface area contributed by atoms with Gasteiger partial charge in [-0.25, -0.2) is 0 Å². The number of hydrogen-bond donors (Lipinski definition) is 1. The Morgan fingerprint density at radius 2 is 2.06 bits per heavy atom. The molecule has 94 valence electrons. The predicted molar refractivity (Wildman–Crippen MR) is 70.5 cm³/mol. The van der Waals surface area contributed by atoms with Crippen molar-refractivity contribution in [2.45, 2.75) is 27.2 Å². The van der Waals surface area contributed by atoms with Crippen LogP contribution in [0, 0.1) is 12.3 Å². The molecule has 3 heteroatoms. The number of benzene rings is 1. The number of carbonyl (C=O) groups is 1. The van der Waals surface area contributed by atoms with E-state index in [1.807, 2.05) is 19.2 Å². The number of carboxylic acids is 1. The minimum atomic E-state index is -0.741. The van der Waals surface area contributed by atoms with Crippen molar-refractivity contribution in [3.8, 4) is 0 Å². The molecule has 3 nitrogen and oxygen atoms in total. The van der Waals surface area contributed by atoms with Gasteiger partial charge in [-0.1, -0.05) is 12.1 Å². The molecule has 17 heavy (non-hydrogen) atoms. The van der Waals surface area contributed by atoms with Crippen molar-refractivity contribution in [1.82, 2.24) is 0 Å². The van der Waals surface area contributed by atoms with Gasteiger partial charge < -0.3 is 10.0 Å². The SMILES string of the molecule is Cc1cccc(N(C)CCC(C)(C)C(=O)O)c1. The molecule has 0 spiro atoms. The van der Waals surface area contributed by atoms with Gasteiger partial charge in [0, 0.05) is 19.3 Å². The molecule has 0 atom stereocenters. The van der Waals surface area contributed by atoms with Gasteiger partial charge in [0.25, 0.3) is 0 Å². The molecule has 0 aliphatic rings. The van der Waals surface area contributed by atoms with E-state index in [0.717, 1.165) is 12.2 Å². The fourth-order valence-electron chi connectivity index (χ4n) is 1.55. The maximum Gasteiger partial charge on any atom is 0.309 e. The van der Waals surface area contributed by atoms with Crippen molar-refractivity contribution in [3.05, 3.63) is 29.8 Å². The van der Waals surface area contributed by atoms with E-state index in [0.29, 0.717) is 6.42 Å². The van der Waals surface area contributed by atoms with Crippen LogP contribution in [0.15, 0.2) is 24.3 Å². The van der Waals surface area contributed by atoms with Gasteiger partial charge in [0.05, 0.1) is 5.41 Å². The molecule has 0 aliphatic carbocycles. The summed E-state index contributed by atoms with van der Waals surface area (Å²) in [6, 6.07) is 8.22. The third-order valence-electron chi connectivity index (χ3n) is 3.09. The van der Waals surface area contributed by atoms with E-state index in [-0.39, 0.29) is 0 Å². The van der Waals surface area contributed by atoms with E-state index in [9.17, 15) is 4.79 Å². The van der Waals surface area contributed by atoms with Gasteiger partial charge in [0.1, 0.15) is 0 Å². The molecule has 1 aromatic carbocycles. The fourth-order valence-corrected chi connectivity index (χ4v) is 1.55. The van der Waals surface area contributed by atoms with E-state index < -0.39 is 11.4 Å². The van der Waals surface area contributed by atoms with E-state index in [1.165, 1.54) is 5.56 Å². The van der Waals surface area contributed by atoms with Crippen LogP contribution < -0.4 is 4.90 Å². The van der Waals surface area contributed by atoms with Crippen LogP contribution in [0.4, 0.5) is 5.69 Å². The average molecular weight is 235 g/mol. The van der Waals surface area contributed by atoms with Crippen molar-refractivity contribution in [2.24, 2.45) is 5.41 Å². The topological polar surface area (TPSA) is 40.5 Å². The van der Waals surface area contributed by atoms with Crippen molar-refractivity contribution < 1.29 is 9.90 Å². The standard InChI is InChI=1S/C14H21NO2/c1-11-6-5-7-12(10-11)15(4)9-8-14(2,3)13(16)17/h5-7,10H,8-9H2,1-4H3,(H,16,17). The molecule has 0 fully saturated rings. The first-order chi connectivity index (χ1) is 7.83. The molecular weight excluding hydrogens is 214 g/mol. The second kappa shape index (κ2) is 5.21. The molecule has 1 aromatic rings. The third-order valence-corrected chi connectivity index (χ3v) is 3.09. The van der Waals surface area contributed by atoms with Crippen molar-refractivity contribution >= 4 is 11.7 Å². The van der Waals surface area contributed by atoms with E-state index in [1.54, 1.807) is 13.8 Å². The zero-order valence-electron chi connectivity index (χ0n) is 11.0. The number of rotatable bonds is 5. The van der Waals surface area contributed by atoms with Crippen molar-refractivity contribution in [2.75, 3.05) is 18.5 Å². The molecule has 0 aromatic heterocycles. The first-order valence-corrected chi connectivity index (χ1v) is 5.84. The summed E-state index contributed by atoms with van der Waals surface area (Å²) in [5.41, 5.74) is 1.68. The van der Waals surface area contributed by atoms with Crippen LogP contribution in [0.2, 0.25) is 0 Å². The molecule has 0 saturated carbocycles. The lowest BCUT2D eigenvalue weighted by molar-refractivity contribution is -0.147. The Labute approximate surface area is 103 Å². The summed E-state index contributed by atoms with van der Waals surface area (Å²) >= 11 is 0. The first kappa shape index (κ1) is 13.6. The summed E-state index contributed by atoms with van der Waals surface area (Å²) in [7, 11) is 1.99. The highest BCUT2D eigenvalue weighted by atomic mass is 16.4. The Balaban J connectivity index is 2.62. The molecule has 1 N–H and O–H groups in total. The maximum absolute atomic E-state index is 11.0. The van der Waals surface area contributed by atoms with Crippen LogP contribution in [0.5, 0.6) is 0 Å². The minimum Gasteiger partial charge on any atom is -0.481 e. The molecule has 0 heterocycles. The van der Waals surface area contributed by atoms with Crippen LogP contribution in [-0.4, -0.2) is 24.7 Å². The lowest BCUT2D eigenvalue weighted by Gasteiger charge is -2.25. The lowest BCUT2D eigenvalue weighted by atomic mass is 9.89. The molecule has 0 saturated heterocycles. The van der Waals surface area contributed by atoms with Crippen LogP contribution >= 0.6 is 0 Å². The molecule has 0 unspecified atom stereocenters. The molecule has 0 bridgehead atoms. The Kier molecular flexibility index (Phi) is 4.16. The van der Waals surface area contributed by atoms with Crippen LogP contribution in [-0.2, 0) is 4.79 Å². The first-order valence-electron chi connectivity index (χ1n) is 5.84. The molecule has 0 aliphatic heterocycles. The monoisotopic (exact) mass is 235 g/mol. The van der Waals surface area contributed by atoms with E-state index >= 15 is 0 Å². The summed E-state index contributed by atoms with van der Waals surface area (Å²) in [4.78, 5) is 13.1. The molecule has 1 rings (SSSR count). The Bertz CT molecular complexity index is 399. The number of carboxylic acid groups (broad SMARTS) is 1. The number of hydrogen-bond acceptors (Lipinski definition) is 2. The second-order valence-electron chi connectivity index (χ2n) is 5.20.